The Bertz CT molecular complexity index is 1320. The van der Waals surface area contributed by atoms with E-state index < -0.39 is 0 Å². The van der Waals surface area contributed by atoms with Crippen molar-refractivity contribution in [2.24, 2.45) is 0 Å². The molecule has 0 saturated carbocycles. The van der Waals surface area contributed by atoms with Crippen LogP contribution in [0, 0.1) is 27.7 Å². The van der Waals surface area contributed by atoms with Gasteiger partial charge in [0, 0.05) is 5.69 Å². The van der Waals surface area contributed by atoms with Crippen LogP contribution in [0.25, 0.3) is 5.57 Å². The number of amides is 2. The zero-order chi connectivity index (χ0) is 24.8. The molecule has 3 aromatic rings. The van der Waals surface area contributed by atoms with Crippen molar-refractivity contribution in [1.82, 2.24) is 0 Å². The summed E-state index contributed by atoms with van der Waals surface area (Å²) < 4.78 is 0. The van der Waals surface area contributed by atoms with Crippen LogP contribution in [0.3, 0.4) is 0 Å². The molecule has 4 heteroatoms. The molecule has 3 aromatic carbocycles. The van der Waals surface area contributed by atoms with Crippen LogP contribution in [0.15, 0.2) is 66.4 Å². The first-order chi connectivity index (χ1) is 16.0. The Morgan fingerprint density at radius 1 is 0.706 bits per heavy atom. The first-order valence-corrected chi connectivity index (χ1v) is 11.6. The maximum absolute atomic E-state index is 13.7. The molecule has 0 spiro atoms. The zero-order valence-corrected chi connectivity index (χ0v) is 21.0. The first kappa shape index (κ1) is 23.5. The summed E-state index contributed by atoms with van der Waals surface area (Å²) in [5, 5.41) is 3.30. The van der Waals surface area contributed by atoms with Crippen molar-refractivity contribution in [3.8, 4) is 0 Å². The number of anilines is 2. The van der Waals surface area contributed by atoms with E-state index in [1.54, 1.807) is 0 Å². The molecule has 0 bridgehead atoms. The van der Waals surface area contributed by atoms with Gasteiger partial charge in [0.2, 0.25) is 0 Å². The van der Waals surface area contributed by atoms with Crippen LogP contribution in [0.1, 0.15) is 54.2 Å². The second-order valence-electron chi connectivity index (χ2n) is 10.2. The quantitative estimate of drug-likeness (QED) is 0.453. The molecular weight excluding hydrogens is 420 g/mol. The van der Waals surface area contributed by atoms with Gasteiger partial charge in [0.15, 0.2) is 0 Å². The van der Waals surface area contributed by atoms with Gasteiger partial charge in [0.25, 0.3) is 11.8 Å². The van der Waals surface area contributed by atoms with Gasteiger partial charge in [0.05, 0.1) is 11.3 Å². The van der Waals surface area contributed by atoms with Crippen LogP contribution in [0.4, 0.5) is 11.4 Å². The van der Waals surface area contributed by atoms with E-state index in [9.17, 15) is 9.59 Å². The predicted octanol–water partition coefficient (Wildman–Crippen LogP) is 6.61. The molecule has 0 saturated heterocycles. The number of hydrogen-bond donors (Lipinski definition) is 1. The summed E-state index contributed by atoms with van der Waals surface area (Å²) in [5.41, 5.74) is 8.32. The van der Waals surface area contributed by atoms with Gasteiger partial charge in [-0.25, -0.2) is 4.90 Å². The summed E-state index contributed by atoms with van der Waals surface area (Å²) in [6.45, 7) is 14.5. The summed E-state index contributed by atoms with van der Waals surface area (Å²) >= 11 is 0. The Balaban J connectivity index is 1.82. The van der Waals surface area contributed by atoms with Gasteiger partial charge in [-0.15, -0.1) is 0 Å². The molecule has 0 fully saturated rings. The van der Waals surface area contributed by atoms with Crippen molar-refractivity contribution < 1.29 is 9.59 Å². The molecule has 1 heterocycles. The number of rotatable bonds is 4. The first-order valence-electron chi connectivity index (χ1n) is 11.6. The number of hydrogen-bond acceptors (Lipinski definition) is 3. The maximum Gasteiger partial charge on any atom is 0.282 e. The monoisotopic (exact) mass is 452 g/mol. The van der Waals surface area contributed by atoms with Crippen molar-refractivity contribution in [1.29, 1.82) is 0 Å². The van der Waals surface area contributed by atoms with Crippen molar-refractivity contribution >= 4 is 28.8 Å². The number of benzene rings is 3. The minimum atomic E-state index is -0.346. The van der Waals surface area contributed by atoms with E-state index >= 15 is 0 Å². The number of nitrogens with zero attached hydrogens (tertiary/aromatic N) is 1. The predicted molar refractivity (Wildman–Crippen MR) is 140 cm³/mol. The van der Waals surface area contributed by atoms with E-state index in [4.69, 9.17) is 0 Å². The standard InChI is InChI=1S/C30H32N2O2/c1-18-8-15-25(21(4)16-18)31-27-26(22-10-9-19(2)20(3)17-22)28(33)32(29(27)34)24-13-11-23(12-14-24)30(5,6)7/h8-17,31H,1-7H3. The summed E-state index contributed by atoms with van der Waals surface area (Å²) in [5.74, 6) is -0.661. The number of carbonyl (C=O) groups excluding carboxylic acids is 2. The van der Waals surface area contributed by atoms with Gasteiger partial charge < -0.3 is 5.32 Å². The van der Waals surface area contributed by atoms with Crippen molar-refractivity contribution in [3.05, 3.63) is 99.7 Å². The molecule has 4 rings (SSSR count). The van der Waals surface area contributed by atoms with E-state index in [0.29, 0.717) is 17.0 Å². The maximum atomic E-state index is 13.7. The molecule has 174 valence electrons. The highest BCUT2D eigenvalue weighted by atomic mass is 16.2. The molecule has 1 N–H and O–H groups in total. The molecule has 0 radical (unpaired) electrons. The molecule has 0 atom stereocenters. The molecule has 1 aliphatic heterocycles. The van der Waals surface area contributed by atoms with Gasteiger partial charge in [-0.1, -0.05) is 68.8 Å². The van der Waals surface area contributed by atoms with E-state index in [0.717, 1.165) is 39.1 Å². The molecule has 4 nitrogen and oxygen atoms in total. The average Bonchev–Trinajstić information content (AvgIpc) is 3.01. The second-order valence-corrected chi connectivity index (χ2v) is 10.2. The highest BCUT2D eigenvalue weighted by Crippen LogP contribution is 2.36. The smallest absolute Gasteiger partial charge is 0.282 e. The van der Waals surface area contributed by atoms with Gasteiger partial charge >= 0.3 is 0 Å². The number of carbonyl (C=O) groups is 2. The van der Waals surface area contributed by atoms with Gasteiger partial charge in [-0.05, 0) is 79.1 Å². The Labute approximate surface area is 202 Å². The fourth-order valence-corrected chi connectivity index (χ4v) is 4.24. The highest BCUT2D eigenvalue weighted by Gasteiger charge is 2.40. The van der Waals surface area contributed by atoms with Gasteiger partial charge in [-0.2, -0.15) is 0 Å². The number of nitrogens with one attached hydrogen (secondary N) is 1. The Morgan fingerprint density at radius 2 is 1.38 bits per heavy atom. The summed E-state index contributed by atoms with van der Waals surface area (Å²) in [4.78, 5) is 28.7. The molecule has 0 aliphatic carbocycles. The third-order valence-electron chi connectivity index (χ3n) is 6.51. The van der Waals surface area contributed by atoms with Crippen molar-refractivity contribution in [2.45, 2.75) is 53.9 Å². The normalized spacial score (nSPS) is 14.3. The van der Waals surface area contributed by atoms with Crippen LogP contribution in [-0.2, 0) is 15.0 Å². The molecule has 0 unspecified atom stereocenters. The Hall–Kier alpha value is -3.66. The topological polar surface area (TPSA) is 49.4 Å². The van der Waals surface area contributed by atoms with E-state index in [1.165, 1.54) is 4.90 Å². The largest absolute Gasteiger partial charge is 0.350 e. The van der Waals surface area contributed by atoms with Gasteiger partial charge in [0.1, 0.15) is 5.70 Å². The summed E-state index contributed by atoms with van der Waals surface area (Å²) in [6, 6.07) is 19.6. The van der Waals surface area contributed by atoms with E-state index in [1.807, 2.05) is 82.3 Å². The van der Waals surface area contributed by atoms with Crippen LogP contribution in [-0.4, -0.2) is 11.8 Å². The van der Waals surface area contributed by atoms with Crippen LogP contribution in [0.5, 0.6) is 0 Å². The zero-order valence-electron chi connectivity index (χ0n) is 21.0. The Morgan fingerprint density at radius 3 is 1.97 bits per heavy atom. The molecule has 2 amide bonds. The lowest BCUT2D eigenvalue weighted by atomic mass is 9.87. The summed E-state index contributed by atoms with van der Waals surface area (Å²) in [6.07, 6.45) is 0. The molecule has 0 aromatic heterocycles. The fraction of sp³-hybridized carbons (Fsp3) is 0.267. The SMILES string of the molecule is Cc1ccc(NC2=C(c3ccc(C)c(C)c3)C(=O)N(c3ccc(C(C)(C)C)cc3)C2=O)c(C)c1. The highest BCUT2D eigenvalue weighted by molar-refractivity contribution is 6.46. The van der Waals surface area contributed by atoms with E-state index in [2.05, 4.69) is 32.2 Å². The van der Waals surface area contributed by atoms with Crippen LogP contribution in [0.2, 0.25) is 0 Å². The van der Waals surface area contributed by atoms with E-state index in [-0.39, 0.29) is 17.2 Å². The fourth-order valence-electron chi connectivity index (χ4n) is 4.24. The molecular formula is C30H32N2O2. The lowest BCUT2D eigenvalue weighted by Crippen LogP contribution is -2.32. The number of aryl methyl sites for hydroxylation is 4. The Kier molecular flexibility index (Phi) is 5.94. The van der Waals surface area contributed by atoms with Gasteiger partial charge in [-0.3, -0.25) is 9.59 Å². The van der Waals surface area contributed by atoms with Crippen molar-refractivity contribution in [2.75, 3.05) is 10.2 Å². The summed E-state index contributed by atoms with van der Waals surface area (Å²) in [7, 11) is 0. The second kappa shape index (κ2) is 8.60. The third-order valence-corrected chi connectivity index (χ3v) is 6.51. The van der Waals surface area contributed by atoms with Crippen LogP contribution < -0.4 is 10.2 Å². The van der Waals surface area contributed by atoms with Crippen LogP contribution >= 0.6 is 0 Å². The third kappa shape index (κ3) is 4.28. The number of imide groups is 1. The molecule has 1 aliphatic rings. The average molecular weight is 453 g/mol. The lowest BCUT2D eigenvalue weighted by molar-refractivity contribution is -0.120. The lowest BCUT2D eigenvalue weighted by Gasteiger charge is -2.21. The minimum absolute atomic E-state index is 0.0178. The van der Waals surface area contributed by atoms with Crippen molar-refractivity contribution in [3.63, 3.8) is 0 Å². The minimum Gasteiger partial charge on any atom is -0.350 e. The molecule has 34 heavy (non-hydrogen) atoms.